The van der Waals surface area contributed by atoms with E-state index in [1.165, 1.54) is 7.11 Å². The molecule has 21 heavy (non-hydrogen) atoms. The Morgan fingerprint density at radius 3 is 2.76 bits per heavy atom. The average Bonchev–Trinajstić information content (AvgIpc) is 2.75. The van der Waals surface area contributed by atoms with E-state index < -0.39 is 0 Å². The Kier molecular flexibility index (Phi) is 8.36. The third-order valence-electron chi connectivity index (χ3n) is 3.77. The van der Waals surface area contributed by atoms with Crippen molar-refractivity contribution in [2.75, 3.05) is 7.11 Å². The SMILES string of the molecule is CCCC[C@H]1C=C(Cl)C(=O)C1=CCCCCCC(=O)OC. The molecular weight excluding hydrogens is 288 g/mol. The van der Waals surface area contributed by atoms with Gasteiger partial charge in [-0.25, -0.2) is 0 Å². The van der Waals surface area contributed by atoms with Gasteiger partial charge in [0.25, 0.3) is 0 Å². The Bertz CT molecular complexity index is 424. The first kappa shape index (κ1) is 18.0. The summed E-state index contributed by atoms with van der Waals surface area (Å²) in [5, 5.41) is 0.369. The van der Waals surface area contributed by atoms with Crippen LogP contribution in [-0.2, 0) is 14.3 Å². The van der Waals surface area contributed by atoms with Gasteiger partial charge in [0, 0.05) is 17.9 Å². The first-order valence-corrected chi connectivity index (χ1v) is 8.16. The Morgan fingerprint density at radius 2 is 2.10 bits per heavy atom. The summed E-state index contributed by atoms with van der Waals surface area (Å²) in [5.74, 6) is 0.0299. The molecule has 3 nitrogen and oxygen atoms in total. The van der Waals surface area contributed by atoms with E-state index in [1.54, 1.807) is 0 Å². The highest BCUT2D eigenvalue weighted by Gasteiger charge is 2.27. The molecular formula is C17H25ClO3. The zero-order valence-electron chi connectivity index (χ0n) is 13.0. The third-order valence-corrected chi connectivity index (χ3v) is 4.07. The van der Waals surface area contributed by atoms with Gasteiger partial charge in [-0.05, 0) is 25.7 Å². The van der Waals surface area contributed by atoms with E-state index in [2.05, 4.69) is 11.7 Å². The summed E-state index contributed by atoms with van der Waals surface area (Å²) in [6, 6.07) is 0. The number of ketones is 1. The van der Waals surface area contributed by atoms with E-state index in [1.807, 2.05) is 12.2 Å². The van der Waals surface area contributed by atoms with Gasteiger partial charge in [-0.15, -0.1) is 0 Å². The number of ether oxygens (including phenoxy) is 1. The highest BCUT2D eigenvalue weighted by atomic mass is 35.5. The minimum absolute atomic E-state index is 0.00710. The number of carbonyl (C=O) groups excluding carboxylic acids is 2. The van der Waals surface area contributed by atoms with Crippen LogP contribution in [0.5, 0.6) is 0 Å². The van der Waals surface area contributed by atoms with Crippen LogP contribution < -0.4 is 0 Å². The van der Waals surface area contributed by atoms with E-state index in [4.69, 9.17) is 11.6 Å². The lowest BCUT2D eigenvalue weighted by atomic mass is 9.95. The van der Waals surface area contributed by atoms with Crippen LogP contribution in [0.3, 0.4) is 0 Å². The van der Waals surface area contributed by atoms with Crippen molar-refractivity contribution in [2.45, 2.75) is 58.3 Å². The molecule has 1 aliphatic carbocycles. The Morgan fingerprint density at radius 1 is 1.33 bits per heavy atom. The predicted molar refractivity (Wildman–Crippen MR) is 85.1 cm³/mol. The summed E-state index contributed by atoms with van der Waals surface area (Å²) >= 11 is 5.96. The summed E-state index contributed by atoms with van der Waals surface area (Å²) < 4.78 is 4.60. The summed E-state index contributed by atoms with van der Waals surface area (Å²) in [6.45, 7) is 2.15. The minimum Gasteiger partial charge on any atom is -0.469 e. The van der Waals surface area contributed by atoms with Crippen molar-refractivity contribution in [1.82, 2.24) is 0 Å². The fourth-order valence-corrected chi connectivity index (χ4v) is 2.77. The number of methoxy groups -OCH3 is 1. The van der Waals surface area contributed by atoms with Gasteiger partial charge in [0.15, 0.2) is 5.78 Å². The number of Topliss-reactive ketones (excluding diaryl/α,β-unsaturated/α-hetero) is 1. The molecule has 1 aliphatic rings. The van der Waals surface area contributed by atoms with Gasteiger partial charge >= 0.3 is 5.97 Å². The van der Waals surface area contributed by atoms with Crippen molar-refractivity contribution in [3.05, 3.63) is 22.8 Å². The molecule has 0 N–H and O–H groups in total. The van der Waals surface area contributed by atoms with Crippen LogP contribution >= 0.6 is 11.6 Å². The number of halogens is 1. The maximum atomic E-state index is 12.0. The molecule has 0 saturated carbocycles. The molecule has 0 fully saturated rings. The first-order chi connectivity index (χ1) is 10.1. The summed E-state index contributed by atoms with van der Waals surface area (Å²) in [7, 11) is 1.41. The second-order valence-corrected chi connectivity index (χ2v) is 5.83. The van der Waals surface area contributed by atoms with Crippen molar-refractivity contribution in [2.24, 2.45) is 5.92 Å². The molecule has 0 aromatic heterocycles. The van der Waals surface area contributed by atoms with Crippen molar-refractivity contribution < 1.29 is 14.3 Å². The lowest BCUT2D eigenvalue weighted by Gasteiger charge is -2.09. The fraction of sp³-hybridized carbons (Fsp3) is 0.647. The monoisotopic (exact) mass is 312 g/mol. The van der Waals surface area contributed by atoms with E-state index in [0.29, 0.717) is 11.5 Å². The van der Waals surface area contributed by atoms with Gasteiger partial charge in [0.2, 0.25) is 0 Å². The van der Waals surface area contributed by atoms with Gasteiger partial charge < -0.3 is 4.74 Å². The highest BCUT2D eigenvalue weighted by molar-refractivity contribution is 6.46. The molecule has 1 atom stereocenters. The topological polar surface area (TPSA) is 43.4 Å². The molecule has 0 aromatic carbocycles. The molecule has 0 heterocycles. The van der Waals surface area contributed by atoms with Crippen LogP contribution in [-0.4, -0.2) is 18.9 Å². The molecule has 0 radical (unpaired) electrons. The fourth-order valence-electron chi connectivity index (χ4n) is 2.51. The van der Waals surface area contributed by atoms with Crippen LogP contribution in [0.2, 0.25) is 0 Å². The number of hydrogen-bond acceptors (Lipinski definition) is 3. The molecule has 0 aliphatic heterocycles. The number of carbonyl (C=O) groups is 2. The van der Waals surface area contributed by atoms with Crippen LogP contribution in [0.15, 0.2) is 22.8 Å². The molecule has 4 heteroatoms. The van der Waals surface area contributed by atoms with E-state index in [0.717, 1.165) is 50.5 Å². The second kappa shape index (κ2) is 9.78. The standard InChI is InChI=1S/C17H25ClO3/c1-3-4-9-13-12-15(18)17(20)14(13)10-7-5-6-8-11-16(19)21-2/h10,12-13H,3-9,11H2,1-2H3/t13-/m0/s1. The van der Waals surface area contributed by atoms with Crippen molar-refractivity contribution in [3.8, 4) is 0 Å². The molecule has 0 unspecified atom stereocenters. The predicted octanol–water partition coefficient (Wildman–Crippen LogP) is 4.55. The van der Waals surface area contributed by atoms with E-state index >= 15 is 0 Å². The number of esters is 1. The average molecular weight is 313 g/mol. The van der Waals surface area contributed by atoms with Gasteiger partial charge in [0.1, 0.15) is 0 Å². The normalized spacial score (nSPS) is 20.0. The summed E-state index contributed by atoms with van der Waals surface area (Å²) in [4.78, 5) is 23.0. The highest BCUT2D eigenvalue weighted by Crippen LogP contribution is 2.33. The summed E-state index contributed by atoms with van der Waals surface area (Å²) in [5.41, 5.74) is 0.862. The van der Waals surface area contributed by atoms with Crippen molar-refractivity contribution >= 4 is 23.4 Å². The molecule has 118 valence electrons. The zero-order valence-corrected chi connectivity index (χ0v) is 13.7. The number of allylic oxidation sites excluding steroid dienone is 4. The molecule has 0 bridgehead atoms. The van der Waals surface area contributed by atoms with Crippen LogP contribution in [0.25, 0.3) is 0 Å². The second-order valence-electron chi connectivity index (χ2n) is 5.43. The minimum atomic E-state index is -0.157. The Hall–Kier alpha value is -1.09. The number of hydrogen-bond donors (Lipinski definition) is 0. The smallest absolute Gasteiger partial charge is 0.305 e. The van der Waals surface area contributed by atoms with E-state index in [-0.39, 0.29) is 17.7 Å². The quantitative estimate of drug-likeness (QED) is 0.356. The van der Waals surface area contributed by atoms with Crippen LogP contribution in [0, 0.1) is 5.92 Å². The van der Waals surface area contributed by atoms with Gasteiger partial charge in [0.05, 0.1) is 12.1 Å². The molecule has 0 spiro atoms. The van der Waals surface area contributed by atoms with Crippen molar-refractivity contribution in [3.63, 3.8) is 0 Å². The first-order valence-electron chi connectivity index (χ1n) is 7.79. The molecule has 0 saturated heterocycles. The maximum Gasteiger partial charge on any atom is 0.305 e. The van der Waals surface area contributed by atoms with Crippen LogP contribution in [0.1, 0.15) is 58.3 Å². The molecule has 0 amide bonds. The van der Waals surface area contributed by atoms with Gasteiger partial charge in [-0.2, -0.15) is 0 Å². The number of rotatable bonds is 9. The Labute approximate surface area is 132 Å². The van der Waals surface area contributed by atoms with E-state index in [9.17, 15) is 9.59 Å². The lowest BCUT2D eigenvalue weighted by molar-refractivity contribution is -0.140. The number of unbranched alkanes of at least 4 members (excludes halogenated alkanes) is 4. The van der Waals surface area contributed by atoms with Gasteiger partial charge in [-0.3, -0.25) is 9.59 Å². The lowest BCUT2D eigenvalue weighted by Crippen LogP contribution is -2.04. The maximum absolute atomic E-state index is 12.0. The molecule has 1 rings (SSSR count). The van der Waals surface area contributed by atoms with Crippen molar-refractivity contribution in [1.29, 1.82) is 0 Å². The third kappa shape index (κ3) is 6.04. The Balaban J connectivity index is 2.36. The van der Waals surface area contributed by atoms with Crippen LogP contribution in [0.4, 0.5) is 0 Å². The van der Waals surface area contributed by atoms with Gasteiger partial charge in [-0.1, -0.05) is 49.9 Å². The molecule has 0 aromatic rings. The largest absolute Gasteiger partial charge is 0.469 e. The summed E-state index contributed by atoms with van der Waals surface area (Å²) in [6.07, 6.45) is 11.3. The zero-order chi connectivity index (χ0) is 15.7.